The molecule has 1 aliphatic heterocycles. The lowest BCUT2D eigenvalue weighted by molar-refractivity contribution is -0.130. The van der Waals surface area contributed by atoms with E-state index in [1.54, 1.807) is 19.1 Å². The third-order valence-corrected chi connectivity index (χ3v) is 4.99. The summed E-state index contributed by atoms with van der Waals surface area (Å²) >= 11 is 6.94. The van der Waals surface area contributed by atoms with Gasteiger partial charge in [-0.05, 0) is 37.8 Å². The second kappa shape index (κ2) is 6.38. The van der Waals surface area contributed by atoms with Crippen LogP contribution in [0.1, 0.15) is 43.3 Å². The number of carbonyl (C=O) groups excluding carboxylic acids is 3. The minimum atomic E-state index is -0.922. The molecule has 1 aromatic rings. The van der Waals surface area contributed by atoms with Gasteiger partial charge in [0.1, 0.15) is 5.54 Å². The average molecular weight is 343 g/mol. The monoisotopic (exact) mass is 342 g/mol. The van der Waals surface area contributed by atoms with E-state index in [-0.39, 0.29) is 18.2 Å². The van der Waals surface area contributed by atoms with Crippen LogP contribution in [0.3, 0.4) is 0 Å². The van der Waals surface area contributed by atoms with Gasteiger partial charge in [-0.2, -0.15) is 0 Å². The van der Waals surface area contributed by atoms with E-state index >= 15 is 0 Å². The Bertz CT molecular complexity index is 614. The maximum absolute atomic E-state index is 12.5. The molecule has 1 aliphatic rings. The van der Waals surface area contributed by atoms with Gasteiger partial charge in [-0.25, -0.2) is 4.79 Å². The van der Waals surface area contributed by atoms with Crippen LogP contribution in [0.15, 0.2) is 12.1 Å². The first kappa shape index (κ1) is 17.0. The predicted octanol–water partition coefficient (Wildman–Crippen LogP) is 3.33. The minimum Gasteiger partial charge on any atom is -0.323 e. The summed E-state index contributed by atoms with van der Waals surface area (Å²) in [4.78, 5) is 38.1. The lowest BCUT2D eigenvalue weighted by Gasteiger charge is -2.22. The third-order valence-electron chi connectivity index (χ3n) is 3.72. The Morgan fingerprint density at radius 3 is 2.64 bits per heavy atom. The topological polar surface area (TPSA) is 66.5 Å². The van der Waals surface area contributed by atoms with Gasteiger partial charge >= 0.3 is 6.03 Å². The predicted molar refractivity (Wildman–Crippen MR) is 86.4 cm³/mol. The molecule has 0 bridgehead atoms. The van der Waals surface area contributed by atoms with Crippen LogP contribution in [0.4, 0.5) is 4.79 Å². The van der Waals surface area contributed by atoms with Crippen molar-refractivity contribution in [2.75, 3.05) is 6.54 Å². The zero-order valence-corrected chi connectivity index (χ0v) is 14.4. The Morgan fingerprint density at radius 2 is 2.09 bits per heavy atom. The Labute approximate surface area is 138 Å². The molecule has 3 amide bonds. The maximum atomic E-state index is 12.5. The first-order chi connectivity index (χ1) is 10.2. The molecule has 5 nitrogen and oxygen atoms in total. The number of amides is 3. The van der Waals surface area contributed by atoms with E-state index in [2.05, 4.69) is 19.2 Å². The molecule has 1 fully saturated rings. The van der Waals surface area contributed by atoms with Crippen LogP contribution in [0.25, 0.3) is 0 Å². The first-order valence-electron chi connectivity index (χ1n) is 7.15. The Hall–Kier alpha value is -1.40. The van der Waals surface area contributed by atoms with Crippen LogP contribution >= 0.6 is 22.9 Å². The van der Waals surface area contributed by atoms with E-state index in [9.17, 15) is 14.4 Å². The fourth-order valence-electron chi connectivity index (χ4n) is 2.32. The molecule has 1 N–H and O–H groups in total. The molecule has 0 spiro atoms. The van der Waals surface area contributed by atoms with E-state index < -0.39 is 11.6 Å². The Balaban J connectivity index is 2.07. The van der Waals surface area contributed by atoms with Crippen molar-refractivity contribution in [2.45, 2.75) is 39.2 Å². The molecule has 2 heterocycles. The van der Waals surface area contributed by atoms with Crippen molar-refractivity contribution in [3.8, 4) is 0 Å². The largest absolute Gasteiger partial charge is 0.325 e. The number of ketones is 1. The SMILES string of the molecule is CC(C)CCC1(C)NC(=O)N(CC(=O)c2ccc(Cl)s2)C1=O. The lowest BCUT2D eigenvalue weighted by atomic mass is 9.92. The Kier molecular flexibility index (Phi) is 4.92. The van der Waals surface area contributed by atoms with Crippen LogP contribution in [0.5, 0.6) is 0 Å². The molecule has 120 valence electrons. The molecule has 0 saturated carbocycles. The van der Waals surface area contributed by atoms with E-state index in [0.717, 1.165) is 22.7 Å². The normalized spacial score (nSPS) is 21.6. The molecule has 0 radical (unpaired) electrons. The van der Waals surface area contributed by atoms with Gasteiger partial charge in [0.25, 0.3) is 5.91 Å². The van der Waals surface area contributed by atoms with Crippen LogP contribution in [0.2, 0.25) is 4.34 Å². The Morgan fingerprint density at radius 1 is 1.41 bits per heavy atom. The first-order valence-corrected chi connectivity index (χ1v) is 8.35. The summed E-state index contributed by atoms with van der Waals surface area (Å²) in [7, 11) is 0. The van der Waals surface area contributed by atoms with Gasteiger partial charge < -0.3 is 5.32 Å². The molecule has 2 rings (SSSR count). The molecule has 0 aliphatic carbocycles. The van der Waals surface area contributed by atoms with Crippen molar-refractivity contribution in [3.05, 3.63) is 21.3 Å². The average Bonchev–Trinajstić information content (AvgIpc) is 2.95. The summed E-state index contributed by atoms with van der Waals surface area (Å²) in [5.74, 6) is -0.187. The number of urea groups is 1. The number of carbonyl (C=O) groups is 3. The highest BCUT2D eigenvalue weighted by atomic mass is 35.5. The fraction of sp³-hybridized carbons (Fsp3) is 0.533. The number of nitrogens with zero attached hydrogens (tertiary/aromatic N) is 1. The summed E-state index contributed by atoms with van der Waals surface area (Å²) in [6.45, 7) is 5.58. The summed E-state index contributed by atoms with van der Waals surface area (Å²) in [6.07, 6.45) is 1.38. The van der Waals surface area contributed by atoms with Crippen molar-refractivity contribution >= 4 is 40.7 Å². The van der Waals surface area contributed by atoms with Gasteiger partial charge in [-0.1, -0.05) is 25.4 Å². The van der Waals surface area contributed by atoms with Crippen molar-refractivity contribution in [3.63, 3.8) is 0 Å². The standard InChI is InChI=1S/C15H19ClN2O3S/c1-9(2)6-7-15(3)13(20)18(14(21)17-15)8-10(19)11-4-5-12(16)22-11/h4-5,9H,6-8H2,1-3H3,(H,17,21). The minimum absolute atomic E-state index is 0.251. The number of halogens is 1. The molecule has 22 heavy (non-hydrogen) atoms. The zero-order chi connectivity index (χ0) is 16.5. The van der Waals surface area contributed by atoms with Crippen LogP contribution < -0.4 is 5.32 Å². The van der Waals surface area contributed by atoms with E-state index in [1.807, 2.05) is 0 Å². The summed E-state index contributed by atoms with van der Waals surface area (Å²) in [6, 6.07) is 2.72. The number of hydrogen-bond acceptors (Lipinski definition) is 4. The number of thiophene rings is 1. The smallest absolute Gasteiger partial charge is 0.323 e. The van der Waals surface area contributed by atoms with E-state index in [4.69, 9.17) is 11.6 Å². The fourth-order valence-corrected chi connectivity index (χ4v) is 3.30. The highest BCUT2D eigenvalue weighted by Crippen LogP contribution is 2.26. The summed E-state index contributed by atoms with van der Waals surface area (Å²) < 4.78 is 0.502. The molecule has 1 saturated heterocycles. The summed E-state index contributed by atoms with van der Waals surface area (Å²) in [5.41, 5.74) is -0.922. The van der Waals surface area contributed by atoms with Gasteiger partial charge in [0.05, 0.1) is 15.8 Å². The molecular formula is C15H19ClN2O3S. The zero-order valence-electron chi connectivity index (χ0n) is 12.8. The number of hydrogen-bond donors (Lipinski definition) is 1. The highest BCUT2D eigenvalue weighted by molar-refractivity contribution is 7.18. The van der Waals surface area contributed by atoms with Crippen LogP contribution in [-0.4, -0.2) is 34.7 Å². The quantitative estimate of drug-likeness (QED) is 0.637. The van der Waals surface area contributed by atoms with Crippen molar-refractivity contribution in [1.82, 2.24) is 10.2 Å². The van der Waals surface area contributed by atoms with Crippen LogP contribution in [-0.2, 0) is 4.79 Å². The second-order valence-electron chi connectivity index (χ2n) is 6.11. The van der Waals surface area contributed by atoms with Gasteiger partial charge in [0.2, 0.25) is 0 Å². The van der Waals surface area contributed by atoms with E-state index in [1.165, 1.54) is 0 Å². The summed E-state index contributed by atoms with van der Waals surface area (Å²) in [5, 5.41) is 2.71. The molecule has 1 aromatic heterocycles. The van der Waals surface area contributed by atoms with Crippen molar-refractivity contribution in [1.29, 1.82) is 0 Å². The molecule has 1 unspecified atom stereocenters. The number of nitrogens with one attached hydrogen (secondary N) is 1. The van der Waals surface area contributed by atoms with Gasteiger partial charge in [-0.15, -0.1) is 11.3 Å². The van der Waals surface area contributed by atoms with Crippen molar-refractivity contribution < 1.29 is 14.4 Å². The van der Waals surface area contributed by atoms with Gasteiger partial charge in [-0.3, -0.25) is 14.5 Å². The van der Waals surface area contributed by atoms with Gasteiger partial charge in [0.15, 0.2) is 5.78 Å². The highest BCUT2D eigenvalue weighted by Gasteiger charge is 2.47. The molecule has 7 heteroatoms. The number of Topliss-reactive ketones (excluding diaryl/α,β-unsaturated/α-hetero) is 1. The van der Waals surface area contributed by atoms with Crippen LogP contribution in [0, 0.1) is 5.92 Å². The van der Waals surface area contributed by atoms with Gasteiger partial charge in [0, 0.05) is 0 Å². The molecule has 1 atom stereocenters. The molecular weight excluding hydrogens is 324 g/mol. The lowest BCUT2D eigenvalue weighted by Crippen LogP contribution is -2.44. The number of imide groups is 1. The molecule has 0 aromatic carbocycles. The van der Waals surface area contributed by atoms with Crippen molar-refractivity contribution in [2.24, 2.45) is 5.92 Å². The second-order valence-corrected chi connectivity index (χ2v) is 7.83. The maximum Gasteiger partial charge on any atom is 0.325 e. The van der Waals surface area contributed by atoms with E-state index in [0.29, 0.717) is 21.6 Å². The third kappa shape index (κ3) is 3.50. The number of rotatable bonds is 6.